The summed E-state index contributed by atoms with van der Waals surface area (Å²) < 4.78 is 14.7. The smallest absolute Gasteiger partial charge is 0.247 e. The number of nitrogens with zero attached hydrogens (tertiary/aromatic N) is 1. The lowest BCUT2D eigenvalue weighted by Gasteiger charge is -2.33. The van der Waals surface area contributed by atoms with Gasteiger partial charge in [-0.15, -0.1) is 11.6 Å². The fourth-order valence-electron chi connectivity index (χ4n) is 4.04. The molecule has 3 rings (SSSR count). The summed E-state index contributed by atoms with van der Waals surface area (Å²) in [5.41, 5.74) is 1.22. The van der Waals surface area contributed by atoms with Crippen molar-refractivity contribution in [1.82, 2.24) is 10.2 Å². The van der Waals surface area contributed by atoms with Crippen LogP contribution in [0, 0.1) is 5.82 Å². The SMILES string of the molecule is O=C(NC1CCCCC1)[C@@H](c1ccccc1F)N(CCc1ccccc1)C(=O)CCl. The fourth-order valence-corrected chi connectivity index (χ4v) is 4.20. The predicted molar refractivity (Wildman–Crippen MR) is 117 cm³/mol. The van der Waals surface area contributed by atoms with Crippen LogP contribution in [0.25, 0.3) is 0 Å². The molecule has 1 fully saturated rings. The van der Waals surface area contributed by atoms with Gasteiger partial charge in [0.1, 0.15) is 17.7 Å². The van der Waals surface area contributed by atoms with E-state index >= 15 is 0 Å². The average molecular weight is 431 g/mol. The molecule has 1 saturated carbocycles. The Labute approximate surface area is 182 Å². The Morgan fingerprint density at radius 2 is 1.70 bits per heavy atom. The minimum absolute atomic E-state index is 0.0580. The number of nitrogens with one attached hydrogen (secondary N) is 1. The van der Waals surface area contributed by atoms with E-state index in [-0.39, 0.29) is 35.8 Å². The van der Waals surface area contributed by atoms with E-state index in [0.29, 0.717) is 6.42 Å². The topological polar surface area (TPSA) is 49.4 Å². The molecule has 1 aliphatic carbocycles. The standard InChI is InChI=1S/C24H28ClFN2O2/c25-17-22(29)28(16-15-18-9-3-1-4-10-18)23(20-13-7-8-14-21(20)26)24(30)27-19-11-5-2-6-12-19/h1,3-4,7-10,13-14,19,23H,2,5-6,11-12,15-17H2,(H,27,30)/t23-/m1/s1. The summed E-state index contributed by atoms with van der Waals surface area (Å²) in [5, 5.41) is 3.06. The van der Waals surface area contributed by atoms with Crippen molar-refractivity contribution in [2.45, 2.75) is 50.6 Å². The van der Waals surface area contributed by atoms with Gasteiger partial charge < -0.3 is 10.2 Å². The molecule has 0 heterocycles. The molecule has 1 aliphatic rings. The van der Waals surface area contributed by atoms with Crippen LogP contribution in [0.2, 0.25) is 0 Å². The molecule has 1 atom stereocenters. The third-order valence-corrected chi connectivity index (χ3v) is 5.86. The summed E-state index contributed by atoms with van der Waals surface area (Å²) in [5.74, 6) is -1.51. The molecule has 0 unspecified atom stereocenters. The summed E-state index contributed by atoms with van der Waals surface area (Å²) in [7, 11) is 0. The molecule has 0 aliphatic heterocycles. The van der Waals surface area contributed by atoms with E-state index in [9.17, 15) is 14.0 Å². The van der Waals surface area contributed by atoms with Crippen molar-refractivity contribution in [2.75, 3.05) is 12.4 Å². The number of carbonyl (C=O) groups is 2. The van der Waals surface area contributed by atoms with E-state index in [1.807, 2.05) is 30.3 Å². The third-order valence-electron chi connectivity index (χ3n) is 5.63. The number of halogens is 2. The number of rotatable bonds is 8. The molecule has 0 saturated heterocycles. The normalized spacial score (nSPS) is 15.4. The highest BCUT2D eigenvalue weighted by Gasteiger charge is 2.34. The molecule has 160 valence electrons. The van der Waals surface area contributed by atoms with Crippen molar-refractivity contribution in [1.29, 1.82) is 0 Å². The van der Waals surface area contributed by atoms with Crippen LogP contribution in [0.4, 0.5) is 4.39 Å². The fraction of sp³-hybridized carbons (Fsp3) is 0.417. The predicted octanol–water partition coefficient (Wildman–Crippen LogP) is 4.63. The highest BCUT2D eigenvalue weighted by atomic mass is 35.5. The first-order chi connectivity index (χ1) is 14.6. The number of carbonyl (C=O) groups excluding carboxylic acids is 2. The molecule has 2 aromatic rings. The minimum atomic E-state index is -1.05. The van der Waals surface area contributed by atoms with E-state index in [1.165, 1.54) is 11.0 Å². The first kappa shape index (κ1) is 22.3. The van der Waals surface area contributed by atoms with Gasteiger partial charge in [-0.3, -0.25) is 9.59 Å². The second-order valence-electron chi connectivity index (χ2n) is 7.72. The van der Waals surface area contributed by atoms with Crippen molar-refractivity contribution >= 4 is 23.4 Å². The zero-order valence-corrected chi connectivity index (χ0v) is 17.8. The maximum Gasteiger partial charge on any atom is 0.247 e. The van der Waals surface area contributed by atoms with Crippen LogP contribution < -0.4 is 5.32 Å². The second-order valence-corrected chi connectivity index (χ2v) is 7.99. The maximum absolute atomic E-state index is 14.7. The van der Waals surface area contributed by atoms with Crippen LogP contribution in [0.1, 0.15) is 49.3 Å². The second kappa shape index (κ2) is 11.1. The van der Waals surface area contributed by atoms with Crippen molar-refractivity contribution in [3.8, 4) is 0 Å². The maximum atomic E-state index is 14.7. The van der Waals surface area contributed by atoms with Crippen LogP contribution in [0.15, 0.2) is 54.6 Å². The molecule has 0 spiro atoms. The van der Waals surface area contributed by atoms with E-state index in [0.717, 1.165) is 37.7 Å². The molecule has 0 aromatic heterocycles. The van der Waals surface area contributed by atoms with Crippen molar-refractivity contribution in [2.24, 2.45) is 0 Å². The first-order valence-corrected chi connectivity index (χ1v) is 11.1. The number of hydrogen-bond donors (Lipinski definition) is 1. The van der Waals surface area contributed by atoms with Crippen LogP contribution >= 0.6 is 11.6 Å². The van der Waals surface area contributed by atoms with Gasteiger partial charge in [-0.05, 0) is 30.9 Å². The van der Waals surface area contributed by atoms with Crippen LogP contribution in [-0.2, 0) is 16.0 Å². The number of alkyl halides is 1. The molecule has 4 nitrogen and oxygen atoms in total. The van der Waals surface area contributed by atoms with E-state index in [4.69, 9.17) is 11.6 Å². The Kier molecular flexibility index (Phi) is 8.26. The van der Waals surface area contributed by atoms with E-state index < -0.39 is 11.9 Å². The van der Waals surface area contributed by atoms with Gasteiger partial charge in [0.15, 0.2) is 0 Å². The molecule has 2 aromatic carbocycles. The van der Waals surface area contributed by atoms with Crippen molar-refractivity contribution in [3.05, 3.63) is 71.5 Å². The molecule has 0 radical (unpaired) electrons. The summed E-state index contributed by atoms with van der Waals surface area (Å²) in [6.45, 7) is 0.270. The quantitative estimate of drug-likeness (QED) is 0.621. The molecule has 0 bridgehead atoms. The first-order valence-electron chi connectivity index (χ1n) is 10.5. The van der Waals surface area contributed by atoms with Gasteiger partial charge in [0.2, 0.25) is 11.8 Å². The van der Waals surface area contributed by atoms with Crippen molar-refractivity contribution < 1.29 is 14.0 Å². The largest absolute Gasteiger partial charge is 0.351 e. The average Bonchev–Trinajstić information content (AvgIpc) is 2.78. The Balaban J connectivity index is 1.88. The van der Waals surface area contributed by atoms with Gasteiger partial charge in [0.05, 0.1) is 0 Å². The van der Waals surface area contributed by atoms with Crippen molar-refractivity contribution in [3.63, 3.8) is 0 Å². The minimum Gasteiger partial charge on any atom is -0.351 e. The van der Waals surface area contributed by atoms with Crippen LogP contribution in [0.3, 0.4) is 0 Å². The lowest BCUT2D eigenvalue weighted by Crippen LogP contribution is -2.48. The zero-order valence-electron chi connectivity index (χ0n) is 17.0. The van der Waals surface area contributed by atoms with Gasteiger partial charge in [0.25, 0.3) is 0 Å². The summed E-state index contributed by atoms with van der Waals surface area (Å²) in [4.78, 5) is 27.5. The monoisotopic (exact) mass is 430 g/mol. The highest BCUT2D eigenvalue weighted by Crippen LogP contribution is 2.26. The number of amides is 2. The van der Waals surface area contributed by atoms with Gasteiger partial charge in [-0.25, -0.2) is 4.39 Å². The van der Waals surface area contributed by atoms with Gasteiger partial charge >= 0.3 is 0 Å². The lowest BCUT2D eigenvalue weighted by molar-refractivity contribution is -0.139. The van der Waals surface area contributed by atoms with Gasteiger partial charge in [-0.2, -0.15) is 0 Å². The molecular formula is C24H28ClFN2O2. The number of hydrogen-bond acceptors (Lipinski definition) is 2. The summed E-state index contributed by atoms with van der Waals surface area (Å²) in [6.07, 6.45) is 5.65. The van der Waals surface area contributed by atoms with Crippen LogP contribution in [0.5, 0.6) is 0 Å². The Morgan fingerprint density at radius 1 is 1.03 bits per heavy atom. The Hall–Kier alpha value is -2.40. The highest BCUT2D eigenvalue weighted by molar-refractivity contribution is 6.27. The molecule has 6 heteroatoms. The molecule has 30 heavy (non-hydrogen) atoms. The summed E-state index contributed by atoms with van der Waals surface area (Å²) >= 11 is 5.88. The van der Waals surface area contributed by atoms with E-state index in [1.54, 1.807) is 18.2 Å². The van der Waals surface area contributed by atoms with Gasteiger partial charge in [0, 0.05) is 18.2 Å². The molecule has 1 N–H and O–H groups in total. The van der Waals surface area contributed by atoms with Gasteiger partial charge in [-0.1, -0.05) is 67.8 Å². The Morgan fingerprint density at radius 3 is 2.37 bits per heavy atom. The molecule has 2 amide bonds. The lowest BCUT2D eigenvalue weighted by atomic mass is 9.94. The number of benzene rings is 2. The van der Waals surface area contributed by atoms with Crippen LogP contribution in [-0.4, -0.2) is 35.2 Å². The molecular weight excluding hydrogens is 403 g/mol. The van der Waals surface area contributed by atoms with E-state index in [2.05, 4.69) is 5.32 Å². The zero-order chi connectivity index (χ0) is 21.3. The summed E-state index contributed by atoms with van der Waals surface area (Å²) in [6, 6.07) is 14.8. The third kappa shape index (κ3) is 5.82. The Bertz CT molecular complexity index is 840.